The average molecular weight is 371 g/mol. The molecule has 0 bridgehead atoms. The molecule has 0 amide bonds. The third-order valence-corrected chi connectivity index (χ3v) is 6.37. The molecule has 1 aliphatic rings. The lowest BCUT2D eigenvalue weighted by molar-refractivity contribution is 0.191. The summed E-state index contributed by atoms with van der Waals surface area (Å²) in [5, 5.41) is -0.000432. The van der Waals surface area contributed by atoms with Crippen molar-refractivity contribution in [3.63, 3.8) is 0 Å². The maximum Gasteiger partial charge on any atom is 0.242 e. The minimum Gasteiger partial charge on any atom is -0.329 e. The van der Waals surface area contributed by atoms with Crippen LogP contribution < -0.4 is 10.5 Å². The van der Waals surface area contributed by atoms with Crippen molar-refractivity contribution in [1.82, 2.24) is 4.72 Å². The Morgan fingerprint density at radius 1 is 1.45 bits per heavy atom. The van der Waals surface area contributed by atoms with E-state index in [1.165, 1.54) is 6.07 Å². The van der Waals surface area contributed by atoms with Gasteiger partial charge in [-0.15, -0.1) is 12.4 Å². The van der Waals surface area contributed by atoms with Gasteiger partial charge in [0, 0.05) is 12.1 Å². The number of nitrogens with two attached hydrogens (primary N) is 1. The SMILES string of the molecule is CC1CCCCC1(CN)NS(=O)(=O)c1cc(F)ccc1Cl.Cl. The number of hydrogen-bond donors (Lipinski definition) is 2. The normalized spacial score (nSPS) is 25.5. The summed E-state index contributed by atoms with van der Waals surface area (Å²) in [6.07, 6.45) is 3.57. The molecule has 3 N–H and O–H groups in total. The molecular formula is C14H21Cl2FN2O2S. The van der Waals surface area contributed by atoms with Crippen LogP contribution in [0.25, 0.3) is 0 Å². The van der Waals surface area contributed by atoms with Gasteiger partial charge in [-0.3, -0.25) is 0 Å². The van der Waals surface area contributed by atoms with Crippen molar-refractivity contribution in [2.24, 2.45) is 11.7 Å². The molecule has 0 spiro atoms. The van der Waals surface area contributed by atoms with E-state index in [0.29, 0.717) is 6.42 Å². The Kier molecular flexibility index (Phi) is 6.65. The molecule has 1 aromatic rings. The third-order valence-electron chi connectivity index (χ3n) is 4.34. The number of hydrogen-bond acceptors (Lipinski definition) is 3. The van der Waals surface area contributed by atoms with E-state index < -0.39 is 21.4 Å². The summed E-state index contributed by atoms with van der Waals surface area (Å²) >= 11 is 5.91. The van der Waals surface area contributed by atoms with Crippen molar-refractivity contribution in [3.8, 4) is 0 Å². The fourth-order valence-electron chi connectivity index (χ4n) is 2.92. The maximum atomic E-state index is 13.3. The van der Waals surface area contributed by atoms with Crippen LogP contribution >= 0.6 is 24.0 Å². The predicted octanol–water partition coefficient (Wildman–Crippen LogP) is 3.09. The average Bonchev–Trinajstić information content (AvgIpc) is 2.44. The molecule has 1 aliphatic carbocycles. The van der Waals surface area contributed by atoms with E-state index >= 15 is 0 Å². The summed E-state index contributed by atoms with van der Waals surface area (Å²) in [5.41, 5.74) is 5.16. The molecule has 0 radical (unpaired) electrons. The molecule has 0 aliphatic heterocycles. The smallest absolute Gasteiger partial charge is 0.242 e. The van der Waals surface area contributed by atoms with Gasteiger partial charge in [-0.2, -0.15) is 0 Å². The minimum atomic E-state index is -3.92. The van der Waals surface area contributed by atoms with E-state index in [4.69, 9.17) is 17.3 Å². The highest BCUT2D eigenvalue weighted by atomic mass is 35.5. The molecular weight excluding hydrogens is 350 g/mol. The van der Waals surface area contributed by atoms with Crippen molar-refractivity contribution < 1.29 is 12.8 Å². The number of benzene rings is 1. The number of sulfonamides is 1. The van der Waals surface area contributed by atoms with Crippen molar-refractivity contribution in [3.05, 3.63) is 29.0 Å². The predicted molar refractivity (Wildman–Crippen MR) is 88.4 cm³/mol. The zero-order chi connectivity index (χ0) is 15.7. The van der Waals surface area contributed by atoms with Crippen LogP contribution in [0.1, 0.15) is 32.6 Å². The lowest BCUT2D eigenvalue weighted by Gasteiger charge is -2.42. The Hall–Kier alpha value is -0.400. The minimum absolute atomic E-state index is 0. The Labute approximate surface area is 142 Å². The zero-order valence-electron chi connectivity index (χ0n) is 12.3. The maximum absolute atomic E-state index is 13.3. The largest absolute Gasteiger partial charge is 0.329 e. The molecule has 2 unspecified atom stereocenters. The summed E-state index contributed by atoms with van der Waals surface area (Å²) in [5.74, 6) is -0.517. The number of halogens is 3. The van der Waals surface area contributed by atoms with Gasteiger partial charge in [0.25, 0.3) is 0 Å². The third kappa shape index (κ3) is 3.92. The van der Waals surface area contributed by atoms with Gasteiger partial charge >= 0.3 is 0 Å². The molecule has 1 aromatic carbocycles. The topological polar surface area (TPSA) is 72.2 Å². The fraction of sp³-hybridized carbons (Fsp3) is 0.571. The highest BCUT2D eigenvalue weighted by molar-refractivity contribution is 7.89. The first-order chi connectivity index (χ1) is 9.81. The van der Waals surface area contributed by atoms with Gasteiger partial charge in [-0.25, -0.2) is 17.5 Å². The van der Waals surface area contributed by atoms with E-state index in [-0.39, 0.29) is 34.8 Å². The number of nitrogens with one attached hydrogen (secondary N) is 1. The Balaban J connectivity index is 0.00000242. The first-order valence-corrected chi connectivity index (χ1v) is 8.86. The first kappa shape index (κ1) is 19.6. The van der Waals surface area contributed by atoms with Crippen LogP contribution in [0.2, 0.25) is 5.02 Å². The lowest BCUT2D eigenvalue weighted by atomic mass is 9.74. The van der Waals surface area contributed by atoms with E-state index in [9.17, 15) is 12.8 Å². The van der Waals surface area contributed by atoms with Crippen LogP contribution in [0.4, 0.5) is 4.39 Å². The van der Waals surface area contributed by atoms with Gasteiger partial charge in [-0.1, -0.05) is 31.4 Å². The molecule has 1 fully saturated rings. The molecule has 126 valence electrons. The van der Waals surface area contributed by atoms with Crippen LogP contribution in [0.3, 0.4) is 0 Å². The van der Waals surface area contributed by atoms with Crippen molar-refractivity contribution in [2.45, 2.75) is 43.0 Å². The molecule has 8 heteroatoms. The van der Waals surface area contributed by atoms with Crippen LogP contribution in [0.15, 0.2) is 23.1 Å². The zero-order valence-corrected chi connectivity index (χ0v) is 14.7. The second-order valence-corrected chi connectivity index (χ2v) is 7.75. The molecule has 0 aromatic heterocycles. The Morgan fingerprint density at radius 2 is 2.14 bits per heavy atom. The van der Waals surface area contributed by atoms with Crippen LogP contribution in [0.5, 0.6) is 0 Å². The van der Waals surface area contributed by atoms with Crippen molar-refractivity contribution in [2.75, 3.05) is 6.54 Å². The monoisotopic (exact) mass is 370 g/mol. The summed E-state index contributed by atoms with van der Waals surface area (Å²) in [6.45, 7) is 2.20. The Morgan fingerprint density at radius 3 is 2.73 bits per heavy atom. The van der Waals surface area contributed by atoms with Crippen molar-refractivity contribution >= 4 is 34.0 Å². The fourth-order valence-corrected chi connectivity index (χ4v) is 4.96. The van der Waals surface area contributed by atoms with Crippen LogP contribution in [-0.2, 0) is 10.0 Å². The van der Waals surface area contributed by atoms with E-state index in [2.05, 4.69) is 4.72 Å². The van der Waals surface area contributed by atoms with Gasteiger partial charge < -0.3 is 5.73 Å². The van der Waals surface area contributed by atoms with Gasteiger partial charge in [0.2, 0.25) is 10.0 Å². The second kappa shape index (κ2) is 7.45. The first-order valence-electron chi connectivity index (χ1n) is 7.00. The van der Waals surface area contributed by atoms with Crippen molar-refractivity contribution in [1.29, 1.82) is 0 Å². The van der Waals surface area contributed by atoms with E-state index in [0.717, 1.165) is 31.4 Å². The second-order valence-electron chi connectivity index (χ2n) is 5.69. The standard InChI is InChI=1S/C14H20ClFN2O2S.ClH/c1-10-4-2-3-7-14(10,9-17)18-21(19,20)13-8-11(16)5-6-12(13)15;/h5-6,8,10,18H,2-4,7,9,17H2,1H3;1H. The molecule has 2 rings (SSSR count). The molecule has 1 saturated carbocycles. The van der Waals surface area contributed by atoms with Gasteiger partial charge in [0.05, 0.1) is 5.02 Å². The molecule has 0 saturated heterocycles. The molecule has 0 heterocycles. The number of rotatable bonds is 4. The lowest BCUT2D eigenvalue weighted by Crippen LogP contribution is -2.58. The van der Waals surface area contributed by atoms with Crippen LogP contribution in [-0.4, -0.2) is 20.5 Å². The highest BCUT2D eigenvalue weighted by Crippen LogP contribution is 2.35. The van der Waals surface area contributed by atoms with E-state index in [1.807, 2.05) is 6.92 Å². The Bertz CT molecular complexity index is 627. The van der Waals surface area contributed by atoms with Gasteiger partial charge in [0.15, 0.2) is 0 Å². The molecule has 2 atom stereocenters. The summed E-state index contributed by atoms with van der Waals surface area (Å²) in [6, 6.07) is 3.30. The van der Waals surface area contributed by atoms with Gasteiger partial charge in [-0.05, 0) is 37.0 Å². The van der Waals surface area contributed by atoms with Gasteiger partial charge in [0.1, 0.15) is 10.7 Å². The quantitative estimate of drug-likeness (QED) is 0.854. The summed E-state index contributed by atoms with van der Waals surface area (Å²) in [4.78, 5) is -0.241. The molecule has 22 heavy (non-hydrogen) atoms. The van der Waals surface area contributed by atoms with Crippen LogP contribution in [0, 0.1) is 11.7 Å². The molecule has 4 nitrogen and oxygen atoms in total. The highest BCUT2D eigenvalue weighted by Gasteiger charge is 2.41. The summed E-state index contributed by atoms with van der Waals surface area (Å²) < 4.78 is 41.2. The van der Waals surface area contributed by atoms with E-state index in [1.54, 1.807) is 0 Å². The summed E-state index contributed by atoms with van der Waals surface area (Å²) in [7, 11) is -3.92.